The Balaban J connectivity index is 1.60. The largest absolute Gasteiger partial charge is 0.490 e. The van der Waals surface area contributed by atoms with Gasteiger partial charge in [0.2, 0.25) is 0 Å². The van der Waals surface area contributed by atoms with E-state index in [4.69, 9.17) is 4.74 Å². The molecule has 2 atom stereocenters. The lowest BCUT2D eigenvalue weighted by Gasteiger charge is -2.47. The van der Waals surface area contributed by atoms with Crippen LogP contribution in [0.1, 0.15) is 51.5 Å². The first-order valence-corrected chi connectivity index (χ1v) is 9.61. The average molecular weight is 347 g/mol. The molecule has 0 bridgehead atoms. The third kappa shape index (κ3) is 4.55. The standard InChI is InChI=1S/C21H33NO3/c1-16-4-6-18(7-5-16)25-15-21(24)14-22(13-10-19(21)23)17-8-11-20(2,3)12-9-17/h4-7,17,19,23-24H,8-15H2,1-3H3/t19-,21-/m0/s1. The molecule has 0 radical (unpaired) electrons. The van der Waals surface area contributed by atoms with Crippen LogP contribution >= 0.6 is 0 Å². The van der Waals surface area contributed by atoms with Gasteiger partial charge in [-0.1, -0.05) is 31.5 Å². The minimum Gasteiger partial charge on any atom is -0.490 e. The van der Waals surface area contributed by atoms with Crippen molar-refractivity contribution >= 4 is 0 Å². The Kier molecular flexibility index (Phi) is 5.42. The van der Waals surface area contributed by atoms with Crippen molar-refractivity contribution in [2.24, 2.45) is 5.41 Å². The highest BCUT2D eigenvalue weighted by Gasteiger charge is 2.44. The lowest BCUT2D eigenvalue weighted by molar-refractivity contribution is -0.148. The minimum atomic E-state index is -1.20. The molecule has 140 valence electrons. The summed E-state index contributed by atoms with van der Waals surface area (Å²) in [6.45, 7) is 8.20. The summed E-state index contributed by atoms with van der Waals surface area (Å²) in [4.78, 5) is 2.38. The zero-order valence-electron chi connectivity index (χ0n) is 15.9. The van der Waals surface area contributed by atoms with E-state index in [9.17, 15) is 10.2 Å². The van der Waals surface area contributed by atoms with Crippen LogP contribution in [0.4, 0.5) is 0 Å². The van der Waals surface area contributed by atoms with Crippen LogP contribution in [0.25, 0.3) is 0 Å². The van der Waals surface area contributed by atoms with Gasteiger partial charge in [-0.3, -0.25) is 4.90 Å². The van der Waals surface area contributed by atoms with E-state index in [1.807, 2.05) is 31.2 Å². The Morgan fingerprint density at radius 1 is 1.12 bits per heavy atom. The molecule has 1 heterocycles. The van der Waals surface area contributed by atoms with E-state index in [1.165, 1.54) is 31.2 Å². The van der Waals surface area contributed by atoms with Crippen LogP contribution in [0.3, 0.4) is 0 Å². The molecule has 25 heavy (non-hydrogen) atoms. The fraction of sp³-hybridized carbons (Fsp3) is 0.714. The van der Waals surface area contributed by atoms with Gasteiger partial charge in [0.1, 0.15) is 18.0 Å². The number of nitrogens with zero attached hydrogens (tertiary/aromatic N) is 1. The van der Waals surface area contributed by atoms with E-state index in [1.54, 1.807) is 0 Å². The number of aliphatic hydroxyl groups excluding tert-OH is 1. The molecule has 3 rings (SSSR count). The molecule has 0 aromatic heterocycles. The lowest BCUT2D eigenvalue weighted by Crippen LogP contribution is -2.62. The quantitative estimate of drug-likeness (QED) is 0.879. The van der Waals surface area contributed by atoms with Crippen molar-refractivity contribution in [1.29, 1.82) is 0 Å². The van der Waals surface area contributed by atoms with Crippen molar-refractivity contribution < 1.29 is 14.9 Å². The van der Waals surface area contributed by atoms with Crippen LogP contribution in [0, 0.1) is 12.3 Å². The third-order valence-electron chi connectivity index (χ3n) is 6.12. The predicted octanol–water partition coefficient (Wildman–Crippen LogP) is 3.14. The Labute approximate surface area is 151 Å². The molecule has 2 N–H and O–H groups in total. The van der Waals surface area contributed by atoms with Crippen molar-refractivity contribution in [3.05, 3.63) is 29.8 Å². The number of likely N-dealkylation sites (tertiary alicyclic amines) is 1. The van der Waals surface area contributed by atoms with Crippen molar-refractivity contribution in [3.63, 3.8) is 0 Å². The number of β-amino-alcohol motifs (C(OH)–C–C–N with tert-alkyl or cyclic N) is 1. The number of aliphatic hydroxyl groups is 2. The van der Waals surface area contributed by atoms with Crippen molar-refractivity contribution in [2.45, 2.75) is 70.6 Å². The Hall–Kier alpha value is -1.10. The van der Waals surface area contributed by atoms with Gasteiger partial charge in [-0.25, -0.2) is 0 Å². The Morgan fingerprint density at radius 2 is 1.76 bits per heavy atom. The Bertz CT molecular complexity index is 561. The molecule has 1 aliphatic carbocycles. The first-order valence-electron chi connectivity index (χ1n) is 9.61. The van der Waals surface area contributed by atoms with Crippen LogP contribution in [-0.4, -0.2) is 52.6 Å². The second-order valence-corrected chi connectivity index (χ2v) is 8.88. The molecule has 0 unspecified atom stereocenters. The van der Waals surface area contributed by atoms with E-state index in [0.717, 1.165) is 12.3 Å². The van der Waals surface area contributed by atoms with Gasteiger partial charge in [0.05, 0.1) is 6.10 Å². The molecule has 2 aliphatic rings. The molecule has 4 heteroatoms. The van der Waals surface area contributed by atoms with Gasteiger partial charge in [0.15, 0.2) is 0 Å². The lowest BCUT2D eigenvalue weighted by atomic mass is 9.74. The molecule has 1 saturated carbocycles. The highest BCUT2D eigenvalue weighted by Crippen LogP contribution is 2.38. The van der Waals surface area contributed by atoms with Gasteiger partial charge < -0.3 is 14.9 Å². The molecule has 1 saturated heterocycles. The fourth-order valence-electron chi connectivity index (χ4n) is 4.14. The minimum absolute atomic E-state index is 0.131. The monoisotopic (exact) mass is 347 g/mol. The fourth-order valence-corrected chi connectivity index (χ4v) is 4.14. The first-order chi connectivity index (χ1) is 11.8. The summed E-state index contributed by atoms with van der Waals surface area (Å²) in [7, 11) is 0. The maximum atomic E-state index is 11.0. The zero-order valence-corrected chi connectivity index (χ0v) is 15.9. The second kappa shape index (κ2) is 7.26. The topological polar surface area (TPSA) is 52.9 Å². The SMILES string of the molecule is Cc1ccc(OC[C@@]2(O)CN(C3CCC(C)(C)CC3)CC[C@@H]2O)cc1. The van der Waals surface area contributed by atoms with E-state index < -0.39 is 11.7 Å². The van der Waals surface area contributed by atoms with Crippen molar-refractivity contribution in [1.82, 2.24) is 4.90 Å². The number of benzene rings is 1. The van der Waals surface area contributed by atoms with Gasteiger partial charge in [-0.2, -0.15) is 0 Å². The number of ether oxygens (including phenoxy) is 1. The van der Waals surface area contributed by atoms with Gasteiger partial charge >= 0.3 is 0 Å². The van der Waals surface area contributed by atoms with E-state index in [0.29, 0.717) is 24.4 Å². The average Bonchev–Trinajstić information content (AvgIpc) is 2.57. The molecule has 0 amide bonds. The summed E-state index contributed by atoms with van der Waals surface area (Å²) < 4.78 is 5.81. The molecule has 1 aromatic rings. The number of piperidine rings is 1. The third-order valence-corrected chi connectivity index (χ3v) is 6.12. The normalized spacial score (nSPS) is 31.0. The highest BCUT2D eigenvalue weighted by atomic mass is 16.5. The van der Waals surface area contributed by atoms with Gasteiger partial charge in [0, 0.05) is 19.1 Å². The number of aryl methyl sites for hydroxylation is 1. The first kappa shape index (κ1) is 18.7. The molecular formula is C21H33NO3. The summed E-state index contributed by atoms with van der Waals surface area (Å²) in [6, 6.07) is 8.33. The van der Waals surface area contributed by atoms with Gasteiger partial charge in [-0.15, -0.1) is 0 Å². The van der Waals surface area contributed by atoms with E-state index >= 15 is 0 Å². The van der Waals surface area contributed by atoms with Crippen LogP contribution in [0.15, 0.2) is 24.3 Å². The summed E-state index contributed by atoms with van der Waals surface area (Å²) >= 11 is 0. The second-order valence-electron chi connectivity index (χ2n) is 8.88. The van der Waals surface area contributed by atoms with E-state index in [-0.39, 0.29) is 6.61 Å². The molecule has 0 spiro atoms. The number of hydrogen-bond acceptors (Lipinski definition) is 4. The summed E-state index contributed by atoms with van der Waals surface area (Å²) in [5.41, 5.74) is 0.419. The van der Waals surface area contributed by atoms with Gasteiger partial charge in [0.25, 0.3) is 0 Å². The number of rotatable bonds is 4. The predicted molar refractivity (Wildman–Crippen MR) is 99.9 cm³/mol. The molecule has 1 aromatic carbocycles. The van der Waals surface area contributed by atoms with Crippen molar-refractivity contribution in [2.75, 3.05) is 19.7 Å². The molecular weight excluding hydrogens is 314 g/mol. The Morgan fingerprint density at radius 3 is 2.40 bits per heavy atom. The van der Waals surface area contributed by atoms with E-state index in [2.05, 4.69) is 18.7 Å². The molecule has 4 nitrogen and oxygen atoms in total. The van der Waals surface area contributed by atoms with Gasteiger partial charge in [-0.05, 0) is 56.6 Å². The summed E-state index contributed by atoms with van der Waals surface area (Å²) in [5.74, 6) is 0.739. The number of hydrogen-bond donors (Lipinski definition) is 2. The van der Waals surface area contributed by atoms with Crippen molar-refractivity contribution in [3.8, 4) is 5.75 Å². The van der Waals surface area contributed by atoms with Crippen LogP contribution in [-0.2, 0) is 0 Å². The van der Waals surface area contributed by atoms with Crippen LogP contribution in [0.5, 0.6) is 5.75 Å². The molecule has 2 fully saturated rings. The maximum absolute atomic E-state index is 11.0. The smallest absolute Gasteiger partial charge is 0.137 e. The summed E-state index contributed by atoms with van der Waals surface area (Å²) in [6.07, 6.45) is 4.70. The maximum Gasteiger partial charge on any atom is 0.137 e. The highest BCUT2D eigenvalue weighted by molar-refractivity contribution is 5.26. The van der Waals surface area contributed by atoms with Crippen LogP contribution in [0.2, 0.25) is 0 Å². The molecule has 1 aliphatic heterocycles. The summed E-state index contributed by atoms with van der Waals surface area (Å²) in [5, 5.41) is 21.4. The zero-order chi connectivity index (χ0) is 18.1. The van der Waals surface area contributed by atoms with Crippen LogP contribution < -0.4 is 4.74 Å².